The molecule has 0 radical (unpaired) electrons. The summed E-state index contributed by atoms with van der Waals surface area (Å²) in [6, 6.07) is 4.77. The highest BCUT2D eigenvalue weighted by Crippen LogP contribution is 2.26. The van der Waals surface area contributed by atoms with Gasteiger partial charge in [-0.2, -0.15) is 10.1 Å². The monoisotopic (exact) mass is 516 g/mol. The van der Waals surface area contributed by atoms with Crippen molar-refractivity contribution in [3.63, 3.8) is 0 Å². The number of halogens is 3. The number of aromatic nitrogens is 4. The number of aryl methyl sites for hydroxylation is 1. The number of nitrogens with one attached hydrogen (secondary N) is 3. The highest BCUT2D eigenvalue weighted by atomic mass is 35.5. The molecule has 1 saturated heterocycles. The van der Waals surface area contributed by atoms with Crippen LogP contribution in [-0.4, -0.2) is 56.0 Å². The van der Waals surface area contributed by atoms with Crippen LogP contribution < -0.4 is 10.6 Å². The van der Waals surface area contributed by atoms with E-state index in [-0.39, 0.29) is 42.1 Å². The third-order valence-corrected chi connectivity index (χ3v) is 5.85. The van der Waals surface area contributed by atoms with E-state index in [1.807, 2.05) is 0 Å². The fraction of sp³-hybridized carbons (Fsp3) is 0.261. The molecule has 1 atom stereocenters. The van der Waals surface area contributed by atoms with Crippen LogP contribution in [0, 0.1) is 17.0 Å². The van der Waals surface area contributed by atoms with E-state index >= 15 is 0 Å². The van der Waals surface area contributed by atoms with E-state index in [4.69, 9.17) is 21.7 Å². The second-order valence-electron chi connectivity index (χ2n) is 8.04. The Balaban J connectivity index is 1.52. The van der Waals surface area contributed by atoms with Crippen molar-refractivity contribution < 1.29 is 18.3 Å². The lowest BCUT2D eigenvalue weighted by molar-refractivity contribution is -0.129. The quantitative estimate of drug-likeness (QED) is 0.418. The van der Waals surface area contributed by atoms with Gasteiger partial charge in [-0.15, -0.1) is 0 Å². The molecule has 1 fully saturated rings. The molecule has 4 rings (SSSR count). The zero-order valence-corrected chi connectivity index (χ0v) is 20.2. The zero-order valence-electron chi connectivity index (χ0n) is 19.4. The highest BCUT2D eigenvalue weighted by molar-refractivity contribution is 6.44. The lowest BCUT2D eigenvalue weighted by Crippen LogP contribution is -2.50. The van der Waals surface area contributed by atoms with Crippen LogP contribution in [-0.2, 0) is 23.1 Å². The van der Waals surface area contributed by atoms with Crippen molar-refractivity contribution >= 4 is 40.8 Å². The van der Waals surface area contributed by atoms with Gasteiger partial charge in [0, 0.05) is 38.5 Å². The summed E-state index contributed by atoms with van der Waals surface area (Å²) >= 11 is 6.24. The Morgan fingerprint density at radius 3 is 2.81 bits per heavy atom. The predicted molar refractivity (Wildman–Crippen MR) is 130 cm³/mol. The minimum absolute atomic E-state index is 0.00787. The van der Waals surface area contributed by atoms with Gasteiger partial charge >= 0.3 is 0 Å². The fourth-order valence-electron chi connectivity index (χ4n) is 3.72. The van der Waals surface area contributed by atoms with Crippen LogP contribution >= 0.6 is 11.6 Å². The van der Waals surface area contributed by atoms with E-state index in [1.54, 1.807) is 24.0 Å². The largest absolute Gasteiger partial charge is 0.383 e. The number of piperidine rings is 1. The molecular formula is C23H23ClF2N8O2. The first-order chi connectivity index (χ1) is 17.3. The molecule has 0 unspecified atom stereocenters. The van der Waals surface area contributed by atoms with Gasteiger partial charge in [0.1, 0.15) is 16.6 Å². The molecule has 13 heteroatoms. The Labute approximate surface area is 210 Å². The lowest BCUT2D eigenvalue weighted by atomic mass is 9.94. The first-order valence-electron chi connectivity index (χ1n) is 10.8. The molecule has 188 valence electrons. The van der Waals surface area contributed by atoms with Gasteiger partial charge in [0.05, 0.1) is 25.0 Å². The standard InChI is InChI=1S/C23H23ClF2N8O2/c1-33-19(5-6-30-33)31-23-29-10-16(24)21(32-23)28-9-14-8-15(12-36-2)34(22(35)20(14)27)11-13-3-4-17(25)18(26)7-13/h3-7,9-10,15,27H,8,11-12H2,1-2H3,(H2,28,29,31,32)/b14-9-,27-20?/t15-/m1/s1. The number of hydrogen-bond acceptors (Lipinski definition) is 8. The molecule has 1 aliphatic rings. The molecule has 36 heavy (non-hydrogen) atoms. The normalized spacial score (nSPS) is 17.1. The van der Waals surface area contributed by atoms with Crippen LogP contribution in [0.4, 0.5) is 26.4 Å². The van der Waals surface area contributed by atoms with Crippen LogP contribution in [0.25, 0.3) is 0 Å². The third kappa shape index (κ3) is 5.50. The number of nitrogens with zero attached hydrogens (tertiary/aromatic N) is 5. The summed E-state index contributed by atoms with van der Waals surface area (Å²) in [5.41, 5.74) is 0.582. The number of ether oxygens (including phenoxy) is 1. The topological polar surface area (TPSA) is 121 Å². The zero-order chi connectivity index (χ0) is 25.8. The minimum Gasteiger partial charge on any atom is -0.383 e. The van der Waals surface area contributed by atoms with Crippen molar-refractivity contribution in [2.45, 2.75) is 19.0 Å². The number of likely N-dealkylation sites (tertiary alicyclic amines) is 1. The van der Waals surface area contributed by atoms with E-state index in [0.29, 0.717) is 17.0 Å². The van der Waals surface area contributed by atoms with Gasteiger partial charge in [-0.25, -0.2) is 13.8 Å². The molecule has 3 heterocycles. The first kappa shape index (κ1) is 25.2. The smallest absolute Gasteiger partial charge is 0.272 e. The predicted octanol–water partition coefficient (Wildman–Crippen LogP) is 3.65. The highest BCUT2D eigenvalue weighted by Gasteiger charge is 2.35. The number of amides is 1. The number of anilines is 3. The molecule has 0 aliphatic carbocycles. The second-order valence-corrected chi connectivity index (χ2v) is 8.45. The van der Waals surface area contributed by atoms with E-state index in [9.17, 15) is 13.6 Å². The van der Waals surface area contributed by atoms with Crippen LogP contribution in [0.5, 0.6) is 0 Å². The van der Waals surface area contributed by atoms with Gasteiger partial charge in [0.2, 0.25) is 5.95 Å². The maximum Gasteiger partial charge on any atom is 0.272 e. The van der Waals surface area contributed by atoms with E-state index in [2.05, 4.69) is 25.7 Å². The summed E-state index contributed by atoms with van der Waals surface area (Å²) in [7, 11) is 3.26. The van der Waals surface area contributed by atoms with Gasteiger partial charge < -0.3 is 20.3 Å². The maximum atomic E-state index is 13.7. The minimum atomic E-state index is -1.00. The van der Waals surface area contributed by atoms with Gasteiger partial charge in [-0.3, -0.25) is 14.9 Å². The Morgan fingerprint density at radius 2 is 2.11 bits per heavy atom. The van der Waals surface area contributed by atoms with Crippen molar-refractivity contribution in [3.05, 3.63) is 70.7 Å². The molecule has 3 N–H and O–H groups in total. The molecule has 0 saturated carbocycles. The van der Waals surface area contributed by atoms with Crippen molar-refractivity contribution in [3.8, 4) is 0 Å². The molecule has 3 aromatic rings. The summed E-state index contributed by atoms with van der Waals surface area (Å²) in [5, 5.41) is 18.7. The van der Waals surface area contributed by atoms with Gasteiger partial charge in [0.25, 0.3) is 5.91 Å². The number of hydrogen-bond donors (Lipinski definition) is 3. The summed E-state index contributed by atoms with van der Waals surface area (Å²) < 4.78 is 33.9. The number of carbonyl (C=O) groups excluding carboxylic acids is 1. The SMILES string of the molecule is COC[C@H]1C/C(=C/Nc2nc(Nc3ccnn3C)ncc2Cl)C(=N)C(=O)N1Cc1ccc(F)c(F)c1. The maximum absolute atomic E-state index is 13.7. The fourth-order valence-corrected chi connectivity index (χ4v) is 3.86. The first-order valence-corrected chi connectivity index (χ1v) is 11.2. The third-order valence-electron chi connectivity index (χ3n) is 5.58. The summed E-state index contributed by atoms with van der Waals surface area (Å²) in [6.45, 7) is 0.195. The molecule has 0 bridgehead atoms. The Kier molecular flexibility index (Phi) is 7.55. The molecule has 10 nitrogen and oxygen atoms in total. The van der Waals surface area contributed by atoms with Gasteiger partial charge in [-0.05, 0) is 24.1 Å². The van der Waals surface area contributed by atoms with Crippen LogP contribution in [0.2, 0.25) is 5.02 Å². The van der Waals surface area contributed by atoms with Crippen molar-refractivity contribution in [1.82, 2.24) is 24.6 Å². The summed E-state index contributed by atoms with van der Waals surface area (Å²) in [5.74, 6) is -1.31. The molecule has 1 aliphatic heterocycles. The number of benzene rings is 1. The van der Waals surface area contributed by atoms with E-state index in [0.717, 1.165) is 12.1 Å². The molecule has 1 amide bonds. The number of methoxy groups -OCH3 is 1. The van der Waals surface area contributed by atoms with Crippen LogP contribution in [0.3, 0.4) is 0 Å². The van der Waals surface area contributed by atoms with E-state index < -0.39 is 23.6 Å². The van der Waals surface area contributed by atoms with Gasteiger partial charge in [0.15, 0.2) is 17.5 Å². The lowest BCUT2D eigenvalue weighted by Gasteiger charge is -2.36. The Morgan fingerprint density at radius 1 is 1.31 bits per heavy atom. The molecular weight excluding hydrogens is 494 g/mol. The van der Waals surface area contributed by atoms with Crippen LogP contribution in [0.1, 0.15) is 12.0 Å². The molecule has 2 aromatic heterocycles. The van der Waals surface area contributed by atoms with Crippen molar-refractivity contribution in [2.75, 3.05) is 24.4 Å². The Hall–Kier alpha value is -3.90. The molecule has 1 aromatic carbocycles. The number of carbonyl (C=O) groups is 1. The van der Waals surface area contributed by atoms with Crippen molar-refractivity contribution in [2.24, 2.45) is 7.05 Å². The van der Waals surface area contributed by atoms with E-state index in [1.165, 1.54) is 30.5 Å². The second kappa shape index (κ2) is 10.8. The average molecular weight is 517 g/mol. The van der Waals surface area contributed by atoms with Gasteiger partial charge in [-0.1, -0.05) is 17.7 Å². The summed E-state index contributed by atoms with van der Waals surface area (Å²) in [6.07, 6.45) is 4.83. The number of rotatable bonds is 8. The molecule has 0 spiro atoms. The van der Waals surface area contributed by atoms with Crippen LogP contribution in [0.15, 0.2) is 48.4 Å². The van der Waals surface area contributed by atoms with Crippen molar-refractivity contribution in [1.29, 1.82) is 5.41 Å². The Bertz CT molecular complexity index is 1330. The average Bonchev–Trinajstić information content (AvgIpc) is 3.26. The summed E-state index contributed by atoms with van der Waals surface area (Å²) in [4.78, 5) is 23.0.